The lowest BCUT2D eigenvalue weighted by Gasteiger charge is -2.12. The average Bonchev–Trinajstić information content (AvgIpc) is 2.91. The fourth-order valence-electron chi connectivity index (χ4n) is 2.15. The van der Waals surface area contributed by atoms with Gasteiger partial charge in [-0.2, -0.15) is 5.10 Å². The lowest BCUT2D eigenvalue weighted by molar-refractivity contribution is -0.137. The zero-order valence-corrected chi connectivity index (χ0v) is 12.6. The molecule has 0 saturated heterocycles. The van der Waals surface area contributed by atoms with E-state index in [0.717, 1.165) is 12.8 Å². The van der Waals surface area contributed by atoms with Crippen LogP contribution in [-0.4, -0.2) is 34.8 Å². The Morgan fingerprint density at radius 1 is 1.45 bits per heavy atom. The van der Waals surface area contributed by atoms with E-state index in [4.69, 9.17) is 5.11 Å². The Kier molecular flexibility index (Phi) is 3.64. The first-order chi connectivity index (χ1) is 9.15. The topological polar surface area (TPSA) is 101 Å². The Morgan fingerprint density at radius 2 is 2.05 bits per heavy atom. The Labute approximate surface area is 118 Å². The Balaban J connectivity index is 2.29. The van der Waals surface area contributed by atoms with Crippen LogP contribution in [0.1, 0.15) is 37.6 Å². The van der Waals surface area contributed by atoms with Gasteiger partial charge in [-0.05, 0) is 33.6 Å². The van der Waals surface area contributed by atoms with Crippen molar-refractivity contribution in [2.75, 3.05) is 0 Å². The van der Waals surface area contributed by atoms with Gasteiger partial charge in [0.1, 0.15) is 4.90 Å². The van der Waals surface area contributed by atoms with E-state index < -0.39 is 16.0 Å². The fraction of sp³-hybridized carbons (Fsp3) is 0.667. The van der Waals surface area contributed by atoms with E-state index in [0.29, 0.717) is 11.4 Å². The Bertz CT molecular complexity index is 644. The van der Waals surface area contributed by atoms with Crippen LogP contribution >= 0.6 is 0 Å². The Hall–Kier alpha value is -1.41. The van der Waals surface area contributed by atoms with Gasteiger partial charge in [0, 0.05) is 5.54 Å². The monoisotopic (exact) mass is 301 g/mol. The van der Waals surface area contributed by atoms with Gasteiger partial charge in [-0.15, -0.1) is 0 Å². The van der Waals surface area contributed by atoms with Gasteiger partial charge in [0.2, 0.25) is 10.0 Å². The lowest BCUT2D eigenvalue weighted by atomic mass is 10.4. The van der Waals surface area contributed by atoms with Crippen molar-refractivity contribution in [2.24, 2.45) is 0 Å². The number of nitrogens with one attached hydrogen (secondary N) is 1. The highest BCUT2D eigenvalue weighted by atomic mass is 32.2. The number of carboxylic acid groups (broad SMARTS) is 1. The first-order valence-corrected chi connectivity index (χ1v) is 7.93. The van der Waals surface area contributed by atoms with Crippen molar-refractivity contribution in [1.29, 1.82) is 0 Å². The summed E-state index contributed by atoms with van der Waals surface area (Å²) in [5, 5.41) is 12.8. The molecule has 112 valence electrons. The number of carboxylic acids is 1. The molecule has 1 aromatic heterocycles. The first-order valence-electron chi connectivity index (χ1n) is 6.44. The van der Waals surface area contributed by atoms with E-state index in [1.165, 1.54) is 4.68 Å². The number of sulfonamides is 1. The van der Waals surface area contributed by atoms with Gasteiger partial charge in [0.15, 0.2) is 0 Å². The van der Waals surface area contributed by atoms with Crippen LogP contribution in [0.3, 0.4) is 0 Å². The minimum Gasteiger partial charge on any atom is -0.481 e. The molecule has 0 spiro atoms. The van der Waals surface area contributed by atoms with Gasteiger partial charge in [0.05, 0.1) is 24.4 Å². The zero-order chi connectivity index (χ0) is 15.1. The maximum Gasteiger partial charge on any atom is 0.305 e. The molecule has 2 rings (SSSR count). The third-order valence-electron chi connectivity index (χ3n) is 3.50. The van der Waals surface area contributed by atoms with Crippen LogP contribution in [0.2, 0.25) is 0 Å². The van der Waals surface area contributed by atoms with Gasteiger partial charge in [-0.1, -0.05) is 0 Å². The molecular weight excluding hydrogens is 282 g/mol. The summed E-state index contributed by atoms with van der Waals surface area (Å²) < 4.78 is 28.9. The third kappa shape index (κ3) is 3.01. The number of aryl methyl sites for hydroxylation is 2. The van der Waals surface area contributed by atoms with Gasteiger partial charge in [0.25, 0.3) is 0 Å². The van der Waals surface area contributed by atoms with Gasteiger partial charge >= 0.3 is 5.97 Å². The second-order valence-electron chi connectivity index (χ2n) is 5.53. The molecule has 0 aliphatic heterocycles. The number of nitrogens with zero attached hydrogens (tertiary/aromatic N) is 2. The van der Waals surface area contributed by atoms with Crippen LogP contribution in [0.4, 0.5) is 0 Å². The lowest BCUT2D eigenvalue weighted by Crippen LogP contribution is -2.34. The van der Waals surface area contributed by atoms with E-state index in [1.807, 2.05) is 6.92 Å². The highest BCUT2D eigenvalue weighted by Gasteiger charge is 2.42. The summed E-state index contributed by atoms with van der Waals surface area (Å²) in [6.07, 6.45) is 1.57. The summed E-state index contributed by atoms with van der Waals surface area (Å²) in [7, 11) is -3.62. The number of hydrogen-bond acceptors (Lipinski definition) is 4. The van der Waals surface area contributed by atoms with Crippen molar-refractivity contribution in [3.05, 3.63) is 11.4 Å². The third-order valence-corrected chi connectivity index (χ3v) is 5.39. The molecule has 1 fully saturated rings. The predicted molar refractivity (Wildman–Crippen MR) is 71.9 cm³/mol. The summed E-state index contributed by atoms with van der Waals surface area (Å²) in [6, 6.07) is 0. The molecular formula is C12H19N3O4S. The number of aromatic nitrogens is 2. The van der Waals surface area contributed by atoms with E-state index >= 15 is 0 Å². The number of hydrogen-bond donors (Lipinski definition) is 2. The predicted octanol–water partition coefficient (Wildman–Crippen LogP) is 0.805. The highest BCUT2D eigenvalue weighted by Crippen LogP contribution is 2.36. The smallest absolute Gasteiger partial charge is 0.305 e. The average molecular weight is 301 g/mol. The first kappa shape index (κ1) is 15.0. The standard InChI is InChI=1S/C12H19N3O4S/c1-8-11(20(18,19)14-12(3)5-6-12)9(2)15(13-8)7-4-10(16)17/h14H,4-7H2,1-3H3,(H,16,17). The molecule has 8 heteroatoms. The molecule has 1 aliphatic rings. The van der Waals surface area contributed by atoms with Crippen molar-refractivity contribution in [3.8, 4) is 0 Å². The summed E-state index contributed by atoms with van der Waals surface area (Å²) in [4.78, 5) is 10.8. The van der Waals surface area contributed by atoms with Crippen molar-refractivity contribution < 1.29 is 18.3 Å². The molecule has 1 saturated carbocycles. The van der Waals surface area contributed by atoms with Crippen molar-refractivity contribution in [1.82, 2.24) is 14.5 Å². The summed E-state index contributed by atoms with van der Waals surface area (Å²) in [5.41, 5.74) is 0.520. The molecule has 0 aromatic carbocycles. The molecule has 0 unspecified atom stereocenters. The van der Waals surface area contributed by atoms with Gasteiger partial charge in [-0.25, -0.2) is 13.1 Å². The van der Waals surface area contributed by atoms with Crippen molar-refractivity contribution in [2.45, 2.75) is 57.0 Å². The van der Waals surface area contributed by atoms with Gasteiger partial charge < -0.3 is 5.11 Å². The molecule has 2 N–H and O–H groups in total. The molecule has 1 aliphatic carbocycles. The van der Waals surface area contributed by atoms with E-state index in [9.17, 15) is 13.2 Å². The van der Waals surface area contributed by atoms with E-state index in [-0.39, 0.29) is 23.4 Å². The Morgan fingerprint density at radius 3 is 2.55 bits per heavy atom. The number of carbonyl (C=O) groups is 1. The molecule has 0 bridgehead atoms. The maximum absolute atomic E-state index is 12.4. The molecule has 20 heavy (non-hydrogen) atoms. The quantitative estimate of drug-likeness (QED) is 0.809. The van der Waals surface area contributed by atoms with Crippen LogP contribution in [0, 0.1) is 13.8 Å². The zero-order valence-electron chi connectivity index (χ0n) is 11.8. The summed E-state index contributed by atoms with van der Waals surface area (Å²) in [5.74, 6) is -0.939. The minimum atomic E-state index is -3.62. The highest BCUT2D eigenvalue weighted by molar-refractivity contribution is 7.89. The second kappa shape index (κ2) is 4.85. The van der Waals surface area contributed by atoms with Crippen LogP contribution in [-0.2, 0) is 21.4 Å². The van der Waals surface area contributed by atoms with Crippen LogP contribution in [0.25, 0.3) is 0 Å². The van der Waals surface area contributed by atoms with Crippen LogP contribution in [0.5, 0.6) is 0 Å². The van der Waals surface area contributed by atoms with E-state index in [1.54, 1.807) is 13.8 Å². The van der Waals surface area contributed by atoms with Crippen LogP contribution in [0.15, 0.2) is 4.90 Å². The summed E-state index contributed by atoms with van der Waals surface area (Å²) in [6.45, 7) is 5.29. The SMILES string of the molecule is Cc1nn(CCC(=O)O)c(C)c1S(=O)(=O)NC1(C)CC1. The fourth-order valence-corrected chi connectivity index (χ4v) is 4.03. The minimum absolute atomic E-state index is 0.0907. The van der Waals surface area contributed by atoms with Crippen LogP contribution < -0.4 is 4.72 Å². The molecule has 1 heterocycles. The van der Waals surface area contributed by atoms with Gasteiger partial charge in [-0.3, -0.25) is 9.48 Å². The van der Waals surface area contributed by atoms with E-state index in [2.05, 4.69) is 9.82 Å². The normalized spacial score (nSPS) is 17.1. The maximum atomic E-state index is 12.4. The number of aliphatic carboxylic acids is 1. The molecule has 0 atom stereocenters. The number of rotatable bonds is 6. The molecule has 0 radical (unpaired) electrons. The largest absolute Gasteiger partial charge is 0.481 e. The molecule has 0 amide bonds. The molecule has 7 nitrogen and oxygen atoms in total. The summed E-state index contributed by atoms with van der Waals surface area (Å²) >= 11 is 0. The second-order valence-corrected chi connectivity index (χ2v) is 7.15. The van der Waals surface area contributed by atoms with Crippen molar-refractivity contribution in [3.63, 3.8) is 0 Å². The molecule has 1 aromatic rings. The van der Waals surface area contributed by atoms with Crippen molar-refractivity contribution >= 4 is 16.0 Å².